The second-order valence-corrected chi connectivity index (χ2v) is 9.69. The van der Waals surface area contributed by atoms with Gasteiger partial charge in [0.2, 0.25) is 15.9 Å². The van der Waals surface area contributed by atoms with E-state index in [-0.39, 0.29) is 17.3 Å². The molecule has 1 aliphatic rings. The number of nitrogens with one attached hydrogen (secondary N) is 1. The molecule has 0 aromatic heterocycles. The van der Waals surface area contributed by atoms with Gasteiger partial charge in [-0.05, 0) is 67.8 Å². The molecule has 0 saturated heterocycles. The first-order valence-corrected chi connectivity index (χ1v) is 12.0. The highest BCUT2D eigenvalue weighted by Gasteiger charge is 2.39. The summed E-state index contributed by atoms with van der Waals surface area (Å²) in [7, 11) is -3.87. The number of hydrogen-bond acceptors (Lipinski definition) is 4. The molecule has 4 rings (SSSR count). The van der Waals surface area contributed by atoms with Crippen molar-refractivity contribution in [3.8, 4) is 5.75 Å². The largest absolute Gasteiger partial charge is 0.494 e. The van der Waals surface area contributed by atoms with Crippen LogP contribution < -0.4 is 10.1 Å². The normalized spacial score (nSPS) is 16.2. The highest BCUT2D eigenvalue weighted by molar-refractivity contribution is 7.89. The van der Waals surface area contributed by atoms with Gasteiger partial charge in [-0.15, -0.1) is 0 Å². The summed E-state index contributed by atoms with van der Waals surface area (Å²) in [4.78, 5) is 13.5. The van der Waals surface area contributed by atoms with Gasteiger partial charge in [0.1, 0.15) is 11.8 Å². The molecule has 7 heteroatoms. The molecule has 1 N–H and O–H groups in total. The Hall–Kier alpha value is -3.16. The molecule has 0 fully saturated rings. The molecular weight excluding hydrogens is 424 g/mol. The van der Waals surface area contributed by atoms with E-state index >= 15 is 0 Å². The quantitative estimate of drug-likeness (QED) is 0.612. The van der Waals surface area contributed by atoms with E-state index in [1.165, 1.54) is 4.31 Å². The van der Waals surface area contributed by atoms with Gasteiger partial charge in [0.05, 0.1) is 11.5 Å². The standard InChI is InChI=1S/C25H26N2O4S/c1-3-31-22-12-10-21(11-13-22)26-25(28)24-16-19-6-4-5-7-20(19)17-27(24)32(29,30)23-14-8-18(2)9-15-23/h4-15,24H,3,16-17H2,1-2H3,(H,26,28)/t24-/m0/s1. The van der Waals surface area contributed by atoms with Gasteiger partial charge in [-0.1, -0.05) is 42.0 Å². The van der Waals surface area contributed by atoms with Gasteiger partial charge < -0.3 is 10.1 Å². The molecule has 3 aromatic carbocycles. The highest BCUT2D eigenvalue weighted by Crippen LogP contribution is 2.30. The number of amides is 1. The monoisotopic (exact) mass is 450 g/mol. The van der Waals surface area contributed by atoms with Crippen LogP contribution in [0.3, 0.4) is 0 Å². The average molecular weight is 451 g/mol. The molecule has 0 bridgehead atoms. The fourth-order valence-electron chi connectivity index (χ4n) is 3.85. The third kappa shape index (κ3) is 4.54. The maximum atomic E-state index is 13.5. The van der Waals surface area contributed by atoms with Crippen LogP contribution >= 0.6 is 0 Å². The van der Waals surface area contributed by atoms with Crippen LogP contribution in [-0.4, -0.2) is 31.3 Å². The van der Waals surface area contributed by atoms with Gasteiger partial charge in [0, 0.05) is 12.2 Å². The van der Waals surface area contributed by atoms with Crippen LogP contribution in [0.15, 0.2) is 77.7 Å². The first-order valence-electron chi connectivity index (χ1n) is 10.6. The van der Waals surface area contributed by atoms with Gasteiger partial charge in [0.25, 0.3) is 0 Å². The van der Waals surface area contributed by atoms with Crippen molar-refractivity contribution < 1.29 is 17.9 Å². The van der Waals surface area contributed by atoms with Crippen LogP contribution in [0.5, 0.6) is 5.75 Å². The van der Waals surface area contributed by atoms with Crippen molar-refractivity contribution in [2.75, 3.05) is 11.9 Å². The number of aryl methyl sites for hydroxylation is 1. The van der Waals surface area contributed by atoms with Crippen LogP contribution in [0.2, 0.25) is 0 Å². The molecule has 0 radical (unpaired) electrons. The molecule has 0 unspecified atom stereocenters. The number of benzene rings is 3. The number of rotatable bonds is 6. The van der Waals surface area contributed by atoms with Gasteiger partial charge in [0.15, 0.2) is 0 Å². The molecule has 0 aliphatic carbocycles. The number of nitrogens with zero attached hydrogens (tertiary/aromatic N) is 1. The van der Waals surface area contributed by atoms with Crippen molar-refractivity contribution in [3.63, 3.8) is 0 Å². The molecule has 0 saturated carbocycles. The predicted molar refractivity (Wildman–Crippen MR) is 124 cm³/mol. The molecule has 1 amide bonds. The maximum absolute atomic E-state index is 13.5. The van der Waals surface area contributed by atoms with Crippen LogP contribution in [0, 0.1) is 6.92 Å². The Morgan fingerprint density at radius 1 is 1.00 bits per heavy atom. The smallest absolute Gasteiger partial charge is 0.244 e. The third-order valence-corrected chi connectivity index (χ3v) is 7.44. The van der Waals surface area contributed by atoms with E-state index in [1.807, 2.05) is 38.1 Å². The summed E-state index contributed by atoms with van der Waals surface area (Å²) in [6.45, 7) is 4.51. The fourth-order valence-corrected chi connectivity index (χ4v) is 5.41. The summed E-state index contributed by atoms with van der Waals surface area (Å²) >= 11 is 0. The highest BCUT2D eigenvalue weighted by atomic mass is 32.2. The number of fused-ring (bicyclic) bond motifs is 1. The van der Waals surface area contributed by atoms with Crippen molar-refractivity contribution in [1.29, 1.82) is 0 Å². The average Bonchev–Trinajstić information content (AvgIpc) is 2.80. The molecule has 1 aliphatic heterocycles. The van der Waals surface area contributed by atoms with Gasteiger partial charge >= 0.3 is 0 Å². The Labute approximate surface area is 188 Å². The number of carbonyl (C=O) groups excluding carboxylic acids is 1. The topological polar surface area (TPSA) is 75.7 Å². The van der Waals surface area contributed by atoms with Gasteiger partial charge in [-0.25, -0.2) is 8.42 Å². The molecule has 3 aromatic rings. The Morgan fingerprint density at radius 3 is 2.31 bits per heavy atom. The second-order valence-electron chi connectivity index (χ2n) is 7.80. The Balaban J connectivity index is 1.65. The third-order valence-electron chi connectivity index (χ3n) is 5.57. The zero-order chi connectivity index (χ0) is 22.7. The van der Waals surface area contributed by atoms with Crippen molar-refractivity contribution in [2.24, 2.45) is 0 Å². The van der Waals surface area contributed by atoms with E-state index in [0.717, 1.165) is 16.7 Å². The minimum absolute atomic E-state index is 0.147. The molecule has 0 spiro atoms. The van der Waals surface area contributed by atoms with E-state index in [2.05, 4.69) is 5.32 Å². The number of sulfonamides is 1. The SMILES string of the molecule is CCOc1ccc(NC(=O)[C@@H]2Cc3ccccc3CN2S(=O)(=O)c2ccc(C)cc2)cc1. The lowest BCUT2D eigenvalue weighted by Gasteiger charge is -2.35. The number of anilines is 1. The van der Waals surface area contributed by atoms with E-state index in [9.17, 15) is 13.2 Å². The first kappa shape index (κ1) is 22.0. The zero-order valence-electron chi connectivity index (χ0n) is 18.1. The van der Waals surface area contributed by atoms with Crippen molar-refractivity contribution in [1.82, 2.24) is 4.31 Å². The first-order chi connectivity index (χ1) is 15.4. The van der Waals surface area contributed by atoms with Crippen molar-refractivity contribution >= 4 is 21.6 Å². The lowest BCUT2D eigenvalue weighted by atomic mass is 9.95. The minimum atomic E-state index is -3.87. The van der Waals surface area contributed by atoms with Gasteiger partial charge in [-0.3, -0.25) is 4.79 Å². The zero-order valence-corrected chi connectivity index (χ0v) is 18.9. The number of carbonyl (C=O) groups is 1. The Bertz CT molecular complexity index is 1210. The summed E-state index contributed by atoms with van der Waals surface area (Å²) in [5, 5.41) is 2.87. The Morgan fingerprint density at radius 2 is 1.66 bits per heavy atom. The van der Waals surface area contributed by atoms with Crippen LogP contribution in [0.25, 0.3) is 0 Å². The van der Waals surface area contributed by atoms with E-state index < -0.39 is 16.1 Å². The molecule has 1 atom stereocenters. The molecule has 32 heavy (non-hydrogen) atoms. The summed E-state index contributed by atoms with van der Waals surface area (Å²) in [6.07, 6.45) is 0.310. The molecule has 1 heterocycles. The summed E-state index contributed by atoms with van der Waals surface area (Å²) in [5.41, 5.74) is 3.45. The predicted octanol–water partition coefficient (Wildman–Crippen LogP) is 4.15. The summed E-state index contributed by atoms with van der Waals surface area (Å²) < 4.78 is 33.8. The molecule has 166 valence electrons. The van der Waals surface area contributed by atoms with Crippen LogP contribution in [0.1, 0.15) is 23.6 Å². The van der Waals surface area contributed by atoms with Crippen molar-refractivity contribution in [2.45, 2.75) is 37.8 Å². The lowest BCUT2D eigenvalue weighted by Crippen LogP contribution is -2.50. The fraction of sp³-hybridized carbons (Fsp3) is 0.240. The molecular formula is C25H26N2O4S. The van der Waals surface area contributed by atoms with E-state index in [1.54, 1.807) is 48.5 Å². The van der Waals surface area contributed by atoms with E-state index in [0.29, 0.717) is 24.5 Å². The summed E-state index contributed by atoms with van der Waals surface area (Å²) in [5.74, 6) is 0.347. The number of ether oxygens (including phenoxy) is 1. The van der Waals surface area contributed by atoms with Gasteiger partial charge in [-0.2, -0.15) is 4.31 Å². The van der Waals surface area contributed by atoms with Crippen LogP contribution in [0.4, 0.5) is 5.69 Å². The number of hydrogen-bond donors (Lipinski definition) is 1. The molecule has 6 nitrogen and oxygen atoms in total. The second kappa shape index (κ2) is 9.14. The maximum Gasteiger partial charge on any atom is 0.244 e. The summed E-state index contributed by atoms with van der Waals surface area (Å²) in [6, 6.07) is 20.5. The van der Waals surface area contributed by atoms with Crippen molar-refractivity contribution in [3.05, 3.63) is 89.5 Å². The van der Waals surface area contributed by atoms with Crippen LogP contribution in [-0.2, 0) is 27.8 Å². The Kier molecular flexibility index (Phi) is 6.30. The lowest BCUT2D eigenvalue weighted by molar-refractivity contribution is -0.120. The minimum Gasteiger partial charge on any atom is -0.494 e. The van der Waals surface area contributed by atoms with E-state index in [4.69, 9.17) is 4.74 Å².